The Morgan fingerprint density at radius 2 is 1.91 bits per heavy atom. The van der Waals surface area contributed by atoms with Gasteiger partial charge in [0.05, 0.1) is 5.69 Å². The molecular formula is C17H13ClN2OS. The summed E-state index contributed by atoms with van der Waals surface area (Å²) in [6, 6.07) is 16.6. The first-order valence-corrected chi connectivity index (χ1v) is 7.93. The number of carbonyl (C=O) groups excluding carboxylic acids is 1. The molecule has 1 N–H and O–H groups in total. The lowest BCUT2D eigenvalue weighted by Gasteiger charge is -2.01. The number of carbonyl (C=O) groups is 1. The Balaban J connectivity index is 1.85. The maximum atomic E-state index is 12.2. The summed E-state index contributed by atoms with van der Waals surface area (Å²) < 4.78 is 0. The zero-order valence-electron chi connectivity index (χ0n) is 11.8. The van der Waals surface area contributed by atoms with Gasteiger partial charge in [-0.3, -0.25) is 10.1 Å². The number of nitrogens with one attached hydrogen (secondary N) is 1. The fourth-order valence-electron chi connectivity index (χ4n) is 2.11. The van der Waals surface area contributed by atoms with Crippen LogP contribution < -0.4 is 5.32 Å². The van der Waals surface area contributed by atoms with Crippen molar-refractivity contribution < 1.29 is 4.79 Å². The van der Waals surface area contributed by atoms with E-state index in [0.29, 0.717) is 15.7 Å². The van der Waals surface area contributed by atoms with Gasteiger partial charge in [0.2, 0.25) is 0 Å². The first-order valence-electron chi connectivity index (χ1n) is 6.73. The minimum Gasteiger partial charge on any atom is -0.298 e. The molecule has 3 aromatic rings. The van der Waals surface area contributed by atoms with E-state index in [1.807, 2.05) is 49.4 Å². The number of aryl methyl sites for hydroxylation is 1. The van der Waals surface area contributed by atoms with Crippen LogP contribution in [0.15, 0.2) is 54.6 Å². The first kappa shape index (κ1) is 14.8. The first-order chi connectivity index (χ1) is 10.6. The Kier molecular flexibility index (Phi) is 4.22. The summed E-state index contributed by atoms with van der Waals surface area (Å²) >= 11 is 7.48. The maximum Gasteiger partial charge on any atom is 0.257 e. The molecule has 5 heteroatoms. The van der Waals surface area contributed by atoms with Crippen LogP contribution in [0.3, 0.4) is 0 Å². The molecule has 3 nitrogen and oxygen atoms in total. The number of hydrogen-bond donors (Lipinski definition) is 1. The highest BCUT2D eigenvalue weighted by Gasteiger charge is 2.13. The topological polar surface area (TPSA) is 42.0 Å². The number of aromatic nitrogens is 1. The van der Waals surface area contributed by atoms with Gasteiger partial charge in [-0.2, -0.15) is 0 Å². The molecule has 0 saturated carbocycles. The van der Waals surface area contributed by atoms with Crippen molar-refractivity contribution in [3.63, 3.8) is 0 Å². The highest BCUT2D eigenvalue weighted by molar-refractivity contribution is 7.16. The predicted molar refractivity (Wildman–Crippen MR) is 91.7 cm³/mol. The molecule has 0 aliphatic carbocycles. The second-order valence-corrected chi connectivity index (χ2v) is 6.39. The Hall–Kier alpha value is -2.17. The van der Waals surface area contributed by atoms with Crippen molar-refractivity contribution in [2.24, 2.45) is 0 Å². The number of anilines is 1. The van der Waals surface area contributed by atoms with Gasteiger partial charge in [0.25, 0.3) is 5.91 Å². The van der Waals surface area contributed by atoms with Crippen molar-refractivity contribution in [1.29, 1.82) is 0 Å². The van der Waals surface area contributed by atoms with Crippen molar-refractivity contribution in [3.05, 3.63) is 70.1 Å². The van der Waals surface area contributed by atoms with Gasteiger partial charge in [-0.15, -0.1) is 11.3 Å². The van der Waals surface area contributed by atoms with Crippen molar-refractivity contribution in [2.75, 3.05) is 5.32 Å². The van der Waals surface area contributed by atoms with Gasteiger partial charge in [-0.05, 0) is 31.2 Å². The monoisotopic (exact) mass is 328 g/mol. The van der Waals surface area contributed by atoms with E-state index in [2.05, 4.69) is 10.3 Å². The minimum absolute atomic E-state index is 0.160. The van der Waals surface area contributed by atoms with Crippen LogP contribution in [0.5, 0.6) is 0 Å². The lowest BCUT2D eigenvalue weighted by Crippen LogP contribution is -2.11. The summed E-state index contributed by atoms with van der Waals surface area (Å²) in [6.07, 6.45) is 0. The molecule has 0 bridgehead atoms. The SMILES string of the molecule is Cc1sc(NC(=O)c2ccccc2)nc1-c1cccc(Cl)c1. The summed E-state index contributed by atoms with van der Waals surface area (Å²) in [5, 5.41) is 4.09. The molecule has 0 unspecified atom stereocenters. The predicted octanol–water partition coefficient (Wildman–Crippen LogP) is 5.02. The molecule has 0 radical (unpaired) electrons. The summed E-state index contributed by atoms with van der Waals surface area (Å²) in [5.74, 6) is -0.160. The van der Waals surface area contributed by atoms with E-state index in [0.717, 1.165) is 16.1 Å². The molecular weight excluding hydrogens is 316 g/mol. The van der Waals surface area contributed by atoms with Crippen LogP contribution in [-0.4, -0.2) is 10.9 Å². The standard InChI is InChI=1S/C17H13ClN2OS/c1-11-15(13-8-5-9-14(18)10-13)19-17(22-11)20-16(21)12-6-3-2-4-7-12/h2-10H,1H3,(H,19,20,21). The lowest BCUT2D eigenvalue weighted by atomic mass is 10.1. The largest absolute Gasteiger partial charge is 0.298 e. The van der Waals surface area contributed by atoms with Gasteiger partial charge < -0.3 is 0 Å². The average molecular weight is 329 g/mol. The molecule has 0 atom stereocenters. The minimum atomic E-state index is -0.160. The van der Waals surface area contributed by atoms with Crippen molar-refractivity contribution in [2.45, 2.75) is 6.92 Å². The van der Waals surface area contributed by atoms with Crippen LogP contribution in [0.2, 0.25) is 5.02 Å². The van der Waals surface area contributed by atoms with Gasteiger partial charge in [-0.1, -0.05) is 41.9 Å². The van der Waals surface area contributed by atoms with Crippen LogP contribution in [0.4, 0.5) is 5.13 Å². The Labute approximate surface area is 137 Å². The number of rotatable bonds is 3. The highest BCUT2D eigenvalue weighted by atomic mass is 35.5. The van der Waals surface area contributed by atoms with Crippen LogP contribution in [0.1, 0.15) is 15.2 Å². The van der Waals surface area contributed by atoms with Crippen molar-refractivity contribution >= 4 is 34.0 Å². The molecule has 1 aromatic heterocycles. The molecule has 110 valence electrons. The number of nitrogens with zero attached hydrogens (tertiary/aromatic N) is 1. The van der Waals surface area contributed by atoms with E-state index in [4.69, 9.17) is 11.6 Å². The Morgan fingerprint density at radius 3 is 2.64 bits per heavy atom. The molecule has 2 aromatic carbocycles. The Bertz CT molecular complexity index is 815. The van der Waals surface area contributed by atoms with E-state index in [1.165, 1.54) is 11.3 Å². The fraction of sp³-hybridized carbons (Fsp3) is 0.0588. The molecule has 1 amide bonds. The smallest absolute Gasteiger partial charge is 0.257 e. The maximum absolute atomic E-state index is 12.2. The number of halogens is 1. The summed E-state index contributed by atoms with van der Waals surface area (Å²) in [4.78, 5) is 17.7. The van der Waals surface area contributed by atoms with Gasteiger partial charge >= 0.3 is 0 Å². The summed E-state index contributed by atoms with van der Waals surface area (Å²) in [7, 11) is 0. The lowest BCUT2D eigenvalue weighted by molar-refractivity contribution is 0.102. The second-order valence-electron chi connectivity index (χ2n) is 4.75. The third kappa shape index (κ3) is 3.18. The van der Waals surface area contributed by atoms with Crippen molar-refractivity contribution in [1.82, 2.24) is 4.98 Å². The Morgan fingerprint density at radius 1 is 1.14 bits per heavy atom. The van der Waals surface area contributed by atoms with E-state index in [1.54, 1.807) is 12.1 Å². The second kappa shape index (κ2) is 6.30. The normalized spacial score (nSPS) is 10.5. The molecule has 0 spiro atoms. The van der Waals surface area contributed by atoms with Gasteiger partial charge in [0, 0.05) is 21.0 Å². The van der Waals surface area contributed by atoms with E-state index in [-0.39, 0.29) is 5.91 Å². The van der Waals surface area contributed by atoms with Gasteiger partial charge in [0.1, 0.15) is 0 Å². The number of thiazole rings is 1. The molecule has 3 rings (SSSR count). The molecule has 0 saturated heterocycles. The quantitative estimate of drug-likeness (QED) is 0.733. The van der Waals surface area contributed by atoms with Gasteiger partial charge in [0.15, 0.2) is 5.13 Å². The van der Waals surface area contributed by atoms with E-state index >= 15 is 0 Å². The fourth-order valence-corrected chi connectivity index (χ4v) is 3.13. The van der Waals surface area contributed by atoms with E-state index < -0.39 is 0 Å². The number of benzene rings is 2. The average Bonchev–Trinajstić information content (AvgIpc) is 2.88. The molecule has 0 aliphatic rings. The van der Waals surface area contributed by atoms with Crippen LogP contribution in [0.25, 0.3) is 11.3 Å². The van der Waals surface area contributed by atoms with Crippen LogP contribution >= 0.6 is 22.9 Å². The van der Waals surface area contributed by atoms with Crippen molar-refractivity contribution in [3.8, 4) is 11.3 Å². The summed E-state index contributed by atoms with van der Waals surface area (Å²) in [5.41, 5.74) is 2.40. The van der Waals surface area contributed by atoms with Crippen LogP contribution in [-0.2, 0) is 0 Å². The highest BCUT2D eigenvalue weighted by Crippen LogP contribution is 2.31. The third-order valence-corrected chi connectivity index (χ3v) is 4.27. The molecule has 0 aliphatic heterocycles. The summed E-state index contributed by atoms with van der Waals surface area (Å²) in [6.45, 7) is 1.98. The molecule has 0 fully saturated rings. The number of amides is 1. The third-order valence-electron chi connectivity index (χ3n) is 3.15. The zero-order chi connectivity index (χ0) is 15.5. The zero-order valence-corrected chi connectivity index (χ0v) is 13.4. The van der Waals surface area contributed by atoms with Crippen LogP contribution in [0, 0.1) is 6.92 Å². The van der Waals surface area contributed by atoms with Gasteiger partial charge in [-0.25, -0.2) is 4.98 Å². The molecule has 22 heavy (non-hydrogen) atoms. The molecule has 1 heterocycles. The number of hydrogen-bond acceptors (Lipinski definition) is 3. The van der Waals surface area contributed by atoms with E-state index in [9.17, 15) is 4.79 Å².